The van der Waals surface area contributed by atoms with Gasteiger partial charge in [0.2, 0.25) is 0 Å². The van der Waals surface area contributed by atoms with Crippen molar-refractivity contribution >= 4 is 11.8 Å². The molecule has 0 bridgehead atoms. The van der Waals surface area contributed by atoms with E-state index in [0.29, 0.717) is 12.8 Å². The van der Waals surface area contributed by atoms with Crippen LogP contribution in [0.5, 0.6) is 0 Å². The van der Waals surface area contributed by atoms with Crippen molar-refractivity contribution in [2.45, 2.75) is 52.2 Å². The molecule has 3 aliphatic rings. The molecule has 0 radical (unpaired) electrons. The number of fused-ring (bicyclic) bond motifs is 3. The highest BCUT2D eigenvalue weighted by molar-refractivity contribution is 5.82. The average molecular weight is 266 g/mol. The number of hydrogen-bond acceptors (Lipinski definition) is 4. The quantitative estimate of drug-likeness (QED) is 0.676. The Morgan fingerprint density at radius 2 is 1.95 bits per heavy atom. The van der Waals surface area contributed by atoms with Crippen LogP contribution >= 0.6 is 0 Å². The predicted octanol–water partition coefficient (Wildman–Crippen LogP) is 1.55. The summed E-state index contributed by atoms with van der Waals surface area (Å²) < 4.78 is 5.55. The molecule has 0 amide bonds. The molecule has 1 heterocycles. The fraction of sp³-hybridized carbons (Fsp3) is 0.867. The third-order valence-corrected chi connectivity index (χ3v) is 5.85. The maximum absolute atomic E-state index is 12.0. The number of rotatable bonds is 0. The Hall–Kier alpha value is -0.900. The third kappa shape index (κ3) is 1.69. The van der Waals surface area contributed by atoms with Crippen LogP contribution in [0, 0.1) is 29.1 Å². The molecule has 0 aromatic heterocycles. The number of esters is 1. The van der Waals surface area contributed by atoms with Crippen molar-refractivity contribution in [3.05, 3.63) is 0 Å². The lowest BCUT2D eigenvalue weighted by Crippen LogP contribution is -2.56. The van der Waals surface area contributed by atoms with Crippen molar-refractivity contribution in [2.75, 3.05) is 0 Å². The number of Topliss-reactive ketones (excluding diaryl/α,β-unsaturated/α-hetero) is 1. The first-order chi connectivity index (χ1) is 8.85. The van der Waals surface area contributed by atoms with E-state index in [1.54, 1.807) is 0 Å². The Bertz CT molecular complexity index is 432. The second-order valence-corrected chi connectivity index (χ2v) is 6.97. The lowest BCUT2D eigenvalue weighted by molar-refractivity contribution is -0.166. The van der Waals surface area contributed by atoms with Gasteiger partial charge in [-0.25, -0.2) is 0 Å². The summed E-state index contributed by atoms with van der Waals surface area (Å²) in [6.07, 6.45) is 1.29. The maximum Gasteiger partial charge on any atom is 0.309 e. The van der Waals surface area contributed by atoms with Crippen LogP contribution in [0.3, 0.4) is 0 Å². The Balaban J connectivity index is 2.00. The monoisotopic (exact) mass is 266 g/mol. The molecule has 4 nitrogen and oxygen atoms in total. The molecule has 0 aromatic rings. The molecular formula is C15H22O4. The molecule has 0 unspecified atom stereocenters. The van der Waals surface area contributed by atoms with E-state index in [1.165, 1.54) is 0 Å². The van der Waals surface area contributed by atoms with Gasteiger partial charge in [0, 0.05) is 24.2 Å². The highest BCUT2D eigenvalue weighted by Gasteiger charge is 2.61. The first-order valence-electron chi connectivity index (χ1n) is 7.26. The highest BCUT2D eigenvalue weighted by atomic mass is 16.6. The van der Waals surface area contributed by atoms with Crippen LogP contribution in [-0.4, -0.2) is 29.1 Å². The molecule has 0 aromatic carbocycles. The number of aliphatic hydroxyl groups excluding tert-OH is 1. The van der Waals surface area contributed by atoms with E-state index < -0.39 is 6.10 Å². The number of carbonyl (C=O) groups is 2. The van der Waals surface area contributed by atoms with Crippen molar-refractivity contribution < 1.29 is 19.4 Å². The Morgan fingerprint density at radius 3 is 2.63 bits per heavy atom. The van der Waals surface area contributed by atoms with E-state index >= 15 is 0 Å². The molecule has 0 spiro atoms. The van der Waals surface area contributed by atoms with Crippen molar-refractivity contribution in [3.8, 4) is 0 Å². The maximum atomic E-state index is 12.0. The summed E-state index contributed by atoms with van der Waals surface area (Å²) in [4.78, 5) is 23.9. The minimum atomic E-state index is -0.492. The topological polar surface area (TPSA) is 63.6 Å². The fourth-order valence-corrected chi connectivity index (χ4v) is 4.77. The van der Waals surface area contributed by atoms with Crippen LogP contribution in [0.2, 0.25) is 0 Å². The second kappa shape index (κ2) is 4.05. The second-order valence-electron chi connectivity index (χ2n) is 6.97. The number of hydrogen-bond donors (Lipinski definition) is 1. The smallest absolute Gasteiger partial charge is 0.309 e. The number of aliphatic hydroxyl groups is 1. The standard InChI is InChI=1S/C15H22O4/c1-7-9(16)4-5-15(3)6-10(17)11-8(2)14(18)19-13(11)12(7)15/h7-8,10-13,17H,4-6H2,1-3H3/t7-,8-,10-,11+,12+,13-,15+/m0/s1. The van der Waals surface area contributed by atoms with Gasteiger partial charge in [0.05, 0.1) is 12.0 Å². The lowest BCUT2D eigenvalue weighted by Gasteiger charge is -2.53. The molecule has 1 N–H and O–H groups in total. The van der Waals surface area contributed by atoms with Crippen molar-refractivity contribution in [1.29, 1.82) is 0 Å². The molecule has 19 heavy (non-hydrogen) atoms. The molecular weight excluding hydrogens is 244 g/mol. The average Bonchev–Trinajstić information content (AvgIpc) is 2.61. The SMILES string of the molecule is C[C@@H]1C(=O)O[C@H]2[C@H]1[C@@H](O)C[C@@]1(C)CCC(=O)[C@H](C)[C@H]21. The molecule has 106 valence electrons. The summed E-state index contributed by atoms with van der Waals surface area (Å²) >= 11 is 0. The zero-order valence-electron chi connectivity index (χ0n) is 11.8. The molecule has 2 saturated carbocycles. The van der Waals surface area contributed by atoms with E-state index in [1.807, 2.05) is 13.8 Å². The number of ether oxygens (including phenoxy) is 1. The number of carbonyl (C=O) groups excluding carboxylic acids is 2. The van der Waals surface area contributed by atoms with Crippen LogP contribution in [-0.2, 0) is 14.3 Å². The molecule has 1 saturated heterocycles. The summed E-state index contributed by atoms with van der Waals surface area (Å²) in [7, 11) is 0. The third-order valence-electron chi connectivity index (χ3n) is 5.85. The van der Waals surface area contributed by atoms with Crippen LogP contribution < -0.4 is 0 Å². The van der Waals surface area contributed by atoms with Gasteiger partial charge in [0.15, 0.2) is 0 Å². The normalized spacial score (nSPS) is 53.5. The minimum Gasteiger partial charge on any atom is -0.461 e. The summed E-state index contributed by atoms with van der Waals surface area (Å²) in [6, 6.07) is 0. The summed E-state index contributed by atoms with van der Waals surface area (Å²) in [5.41, 5.74) is -0.0851. The van der Waals surface area contributed by atoms with E-state index in [2.05, 4.69) is 6.92 Å². The van der Waals surface area contributed by atoms with Gasteiger partial charge in [-0.2, -0.15) is 0 Å². The minimum absolute atomic E-state index is 0.0658. The first kappa shape index (κ1) is 13.1. The molecule has 3 rings (SSSR count). The predicted molar refractivity (Wildman–Crippen MR) is 68.2 cm³/mol. The molecule has 4 heteroatoms. The van der Waals surface area contributed by atoms with E-state index in [9.17, 15) is 14.7 Å². The summed E-state index contributed by atoms with van der Waals surface area (Å²) in [6.45, 7) is 5.92. The fourth-order valence-electron chi connectivity index (χ4n) is 4.77. The zero-order valence-corrected chi connectivity index (χ0v) is 11.8. The van der Waals surface area contributed by atoms with Crippen LogP contribution in [0.25, 0.3) is 0 Å². The lowest BCUT2D eigenvalue weighted by atomic mass is 9.52. The van der Waals surface area contributed by atoms with Gasteiger partial charge in [0.1, 0.15) is 11.9 Å². The van der Waals surface area contributed by atoms with E-state index in [-0.39, 0.29) is 46.9 Å². The van der Waals surface area contributed by atoms with Gasteiger partial charge in [-0.3, -0.25) is 9.59 Å². The summed E-state index contributed by atoms with van der Waals surface area (Å²) in [5, 5.41) is 10.4. The van der Waals surface area contributed by atoms with Crippen LogP contribution in [0.4, 0.5) is 0 Å². The van der Waals surface area contributed by atoms with Crippen molar-refractivity contribution in [2.24, 2.45) is 29.1 Å². The Labute approximate surface area is 113 Å². The van der Waals surface area contributed by atoms with Crippen LogP contribution in [0.15, 0.2) is 0 Å². The van der Waals surface area contributed by atoms with Gasteiger partial charge < -0.3 is 9.84 Å². The molecule has 7 atom stereocenters. The van der Waals surface area contributed by atoms with Crippen LogP contribution in [0.1, 0.15) is 40.0 Å². The molecule has 3 fully saturated rings. The summed E-state index contributed by atoms with van der Waals surface area (Å²) in [5.74, 6) is -0.350. The largest absolute Gasteiger partial charge is 0.461 e. The Morgan fingerprint density at radius 1 is 1.26 bits per heavy atom. The molecule has 2 aliphatic carbocycles. The first-order valence-corrected chi connectivity index (χ1v) is 7.26. The van der Waals surface area contributed by atoms with Crippen molar-refractivity contribution in [3.63, 3.8) is 0 Å². The van der Waals surface area contributed by atoms with Gasteiger partial charge in [-0.05, 0) is 18.3 Å². The van der Waals surface area contributed by atoms with E-state index in [0.717, 1.165) is 6.42 Å². The van der Waals surface area contributed by atoms with Gasteiger partial charge in [0.25, 0.3) is 0 Å². The van der Waals surface area contributed by atoms with Crippen molar-refractivity contribution in [1.82, 2.24) is 0 Å². The Kier molecular flexibility index (Phi) is 2.79. The number of ketones is 1. The van der Waals surface area contributed by atoms with E-state index in [4.69, 9.17) is 4.74 Å². The van der Waals surface area contributed by atoms with Gasteiger partial charge >= 0.3 is 5.97 Å². The zero-order chi connectivity index (χ0) is 13.9. The molecule has 1 aliphatic heterocycles. The van der Waals surface area contributed by atoms with Gasteiger partial charge in [-0.1, -0.05) is 20.8 Å². The van der Waals surface area contributed by atoms with Gasteiger partial charge in [-0.15, -0.1) is 0 Å². The highest BCUT2D eigenvalue weighted by Crippen LogP contribution is 2.56.